The molecule has 53 heavy (non-hydrogen) atoms. The van der Waals surface area contributed by atoms with E-state index in [4.69, 9.17) is 4.98 Å². The summed E-state index contributed by atoms with van der Waals surface area (Å²) >= 11 is 1.62. The largest absolute Gasteiger partial charge is 0.382 e. The van der Waals surface area contributed by atoms with Crippen molar-refractivity contribution in [2.24, 2.45) is 5.92 Å². The highest BCUT2D eigenvalue weighted by Gasteiger charge is 2.28. The van der Waals surface area contributed by atoms with E-state index in [2.05, 4.69) is 64.9 Å². The Bertz CT molecular complexity index is 2190. The van der Waals surface area contributed by atoms with E-state index in [-0.39, 0.29) is 11.9 Å². The maximum absolute atomic E-state index is 12.2. The number of piperazine rings is 1. The SMILES string of the molecule is N#Cc1cnn2c(-c3cc(NC4CC4)c(-c4nnc(N5CCN(CC6CCN(c7ccc(N8CCC(=O)NC8=O)cc7)CC6)CC5)s4)cn3)ccc2c1. The molecule has 5 aromatic rings. The number of rotatable bonds is 9. The number of nitrogens with zero attached hydrogens (tertiary/aromatic N) is 10. The first-order valence-electron chi connectivity index (χ1n) is 18.4. The molecule has 9 rings (SSSR count). The standard InChI is InChI=1S/C38H40N12O2S/c39-21-26-19-30-7-8-34(50(30)41-22-26)33-20-32(42-27-1-2-27)31(23-40-33)36-44-45-38(53-36)48-17-15-46(16-18-48)24-25-9-12-47(13-10-25)28-3-5-29(6-4-28)49-14-11-35(51)43-37(49)52/h3-8,19-20,22-23,25,27H,1-2,9-18,24H2,(H,40,42)(H,43,51,52). The molecule has 1 saturated carbocycles. The van der Waals surface area contributed by atoms with Crippen molar-refractivity contribution < 1.29 is 9.59 Å². The topological polar surface area (TPSA) is 151 Å². The molecular weight excluding hydrogens is 689 g/mol. The first kappa shape index (κ1) is 33.3. The highest BCUT2D eigenvalue weighted by molar-refractivity contribution is 7.18. The van der Waals surface area contributed by atoms with Crippen molar-refractivity contribution in [1.82, 2.24) is 35.0 Å². The van der Waals surface area contributed by atoms with Crippen molar-refractivity contribution >= 4 is 51.0 Å². The highest BCUT2D eigenvalue weighted by atomic mass is 32.1. The molecule has 3 aliphatic heterocycles. The van der Waals surface area contributed by atoms with Crippen LogP contribution in [0.1, 0.15) is 37.7 Å². The number of urea groups is 1. The lowest BCUT2D eigenvalue weighted by Gasteiger charge is -2.39. The Morgan fingerprint density at radius 1 is 0.868 bits per heavy atom. The summed E-state index contributed by atoms with van der Waals surface area (Å²) in [5, 5.41) is 30.9. The molecule has 2 N–H and O–H groups in total. The number of carbonyl (C=O) groups is 2. The van der Waals surface area contributed by atoms with Crippen molar-refractivity contribution in [3.63, 3.8) is 0 Å². The summed E-state index contributed by atoms with van der Waals surface area (Å²) in [5.41, 5.74) is 7.01. The smallest absolute Gasteiger partial charge is 0.328 e. The van der Waals surface area contributed by atoms with Crippen molar-refractivity contribution in [2.45, 2.75) is 38.1 Å². The first-order valence-corrected chi connectivity index (χ1v) is 19.2. The van der Waals surface area contributed by atoms with Crippen molar-refractivity contribution in [1.29, 1.82) is 5.26 Å². The predicted octanol–water partition coefficient (Wildman–Crippen LogP) is 4.85. The van der Waals surface area contributed by atoms with Gasteiger partial charge in [0, 0.05) is 88.1 Å². The van der Waals surface area contributed by atoms with Crippen LogP contribution >= 0.6 is 11.3 Å². The third-order valence-electron chi connectivity index (χ3n) is 10.7. The number of piperidine rings is 1. The number of amides is 3. The van der Waals surface area contributed by atoms with Gasteiger partial charge in [-0.05, 0) is 80.1 Å². The summed E-state index contributed by atoms with van der Waals surface area (Å²) in [6, 6.07) is 18.3. The van der Waals surface area contributed by atoms with Crippen LogP contribution in [-0.4, -0.2) is 100 Å². The lowest BCUT2D eigenvalue weighted by atomic mass is 9.95. The molecule has 14 nitrogen and oxygen atoms in total. The van der Waals surface area contributed by atoms with Crippen LogP contribution in [0.5, 0.6) is 0 Å². The summed E-state index contributed by atoms with van der Waals surface area (Å²) in [4.78, 5) is 37.6. The Morgan fingerprint density at radius 2 is 1.66 bits per heavy atom. The number of imide groups is 1. The number of hydrogen-bond acceptors (Lipinski definition) is 12. The number of nitrogens with one attached hydrogen (secondary N) is 2. The fourth-order valence-corrected chi connectivity index (χ4v) is 8.47. The summed E-state index contributed by atoms with van der Waals surface area (Å²) in [7, 11) is 0. The molecule has 0 unspecified atom stereocenters. The van der Waals surface area contributed by atoms with Gasteiger partial charge >= 0.3 is 6.03 Å². The minimum Gasteiger partial charge on any atom is -0.382 e. The van der Waals surface area contributed by atoms with Crippen LogP contribution in [0.25, 0.3) is 27.5 Å². The minimum absolute atomic E-state index is 0.217. The normalized spacial score (nSPS) is 18.7. The van der Waals surface area contributed by atoms with E-state index in [1.807, 2.05) is 41.0 Å². The predicted molar refractivity (Wildman–Crippen MR) is 204 cm³/mol. The second-order valence-electron chi connectivity index (χ2n) is 14.3. The van der Waals surface area contributed by atoms with Crippen LogP contribution in [0.2, 0.25) is 0 Å². The molecule has 4 fully saturated rings. The zero-order chi connectivity index (χ0) is 35.9. The lowest BCUT2D eigenvalue weighted by Crippen LogP contribution is -2.49. The van der Waals surface area contributed by atoms with Gasteiger partial charge in [-0.25, -0.2) is 9.31 Å². The molecule has 1 aromatic carbocycles. The van der Waals surface area contributed by atoms with Crippen LogP contribution in [0.15, 0.2) is 60.9 Å². The Balaban J connectivity index is 0.792. The van der Waals surface area contributed by atoms with Crippen LogP contribution in [0, 0.1) is 17.2 Å². The molecular formula is C38H40N12O2S. The van der Waals surface area contributed by atoms with Gasteiger partial charge in [-0.1, -0.05) is 11.3 Å². The van der Waals surface area contributed by atoms with Gasteiger partial charge in [0.25, 0.3) is 0 Å². The van der Waals surface area contributed by atoms with Gasteiger partial charge in [0.05, 0.1) is 34.2 Å². The summed E-state index contributed by atoms with van der Waals surface area (Å²) in [6.45, 7) is 7.43. The molecule has 0 radical (unpaired) electrons. The number of hydrogen-bond donors (Lipinski definition) is 2. The second kappa shape index (κ2) is 14.1. The van der Waals surface area contributed by atoms with E-state index in [9.17, 15) is 14.9 Å². The average Bonchev–Trinajstić information content (AvgIpc) is 3.69. The molecule has 0 spiro atoms. The molecule has 3 saturated heterocycles. The number of nitriles is 1. The van der Waals surface area contributed by atoms with E-state index >= 15 is 0 Å². The quantitative estimate of drug-likeness (QED) is 0.215. The fraction of sp³-hybridized carbons (Fsp3) is 0.395. The van der Waals surface area contributed by atoms with Crippen molar-refractivity contribution in [2.75, 3.05) is 72.4 Å². The van der Waals surface area contributed by atoms with Gasteiger partial charge in [-0.15, -0.1) is 10.2 Å². The summed E-state index contributed by atoms with van der Waals surface area (Å²) in [5.74, 6) is 0.452. The van der Waals surface area contributed by atoms with Crippen molar-refractivity contribution in [3.8, 4) is 28.0 Å². The van der Waals surface area contributed by atoms with Crippen LogP contribution in [0.3, 0.4) is 0 Å². The van der Waals surface area contributed by atoms with Gasteiger partial charge < -0.3 is 15.1 Å². The number of fused-ring (bicyclic) bond motifs is 1. The molecule has 3 amide bonds. The first-order chi connectivity index (χ1) is 26.0. The molecule has 270 valence electrons. The molecule has 15 heteroatoms. The Hall–Kier alpha value is -5.59. The Morgan fingerprint density at radius 3 is 2.42 bits per heavy atom. The average molecular weight is 729 g/mol. The van der Waals surface area contributed by atoms with Crippen LogP contribution < -0.4 is 25.3 Å². The fourth-order valence-electron chi connectivity index (χ4n) is 7.55. The number of pyridine rings is 1. The molecule has 1 aliphatic carbocycles. The Labute approximate surface area is 311 Å². The third kappa shape index (κ3) is 6.99. The summed E-state index contributed by atoms with van der Waals surface area (Å²) in [6.07, 6.45) is 8.40. The van der Waals surface area contributed by atoms with E-state index < -0.39 is 0 Å². The van der Waals surface area contributed by atoms with Crippen molar-refractivity contribution in [3.05, 3.63) is 66.5 Å². The van der Waals surface area contributed by atoms with Gasteiger partial charge in [-0.3, -0.25) is 24.9 Å². The van der Waals surface area contributed by atoms with Crippen LogP contribution in [-0.2, 0) is 4.79 Å². The van der Waals surface area contributed by atoms with E-state index in [1.165, 1.54) is 5.69 Å². The van der Waals surface area contributed by atoms with E-state index in [1.54, 1.807) is 22.4 Å². The monoisotopic (exact) mass is 728 g/mol. The van der Waals surface area contributed by atoms with E-state index in [0.717, 1.165) is 115 Å². The zero-order valence-corrected chi connectivity index (χ0v) is 30.1. The maximum atomic E-state index is 12.2. The molecule has 0 bridgehead atoms. The highest BCUT2D eigenvalue weighted by Crippen LogP contribution is 2.38. The second-order valence-corrected chi connectivity index (χ2v) is 15.3. The third-order valence-corrected chi connectivity index (χ3v) is 11.7. The number of carbonyl (C=O) groups excluding carboxylic acids is 2. The number of benzene rings is 1. The Kier molecular flexibility index (Phi) is 8.84. The molecule has 4 aliphatic rings. The minimum atomic E-state index is -0.349. The van der Waals surface area contributed by atoms with E-state index in [0.29, 0.717) is 30.5 Å². The number of anilines is 4. The molecule has 4 aromatic heterocycles. The van der Waals surface area contributed by atoms with Gasteiger partial charge in [0.1, 0.15) is 6.07 Å². The van der Waals surface area contributed by atoms with Crippen LogP contribution in [0.4, 0.5) is 27.0 Å². The maximum Gasteiger partial charge on any atom is 0.328 e. The lowest BCUT2D eigenvalue weighted by molar-refractivity contribution is -0.120. The number of aromatic nitrogens is 5. The van der Waals surface area contributed by atoms with Gasteiger partial charge in [-0.2, -0.15) is 10.4 Å². The van der Waals surface area contributed by atoms with Gasteiger partial charge in [0.15, 0.2) is 5.01 Å². The molecule has 0 atom stereocenters. The molecule has 7 heterocycles. The van der Waals surface area contributed by atoms with Gasteiger partial charge in [0.2, 0.25) is 11.0 Å². The summed E-state index contributed by atoms with van der Waals surface area (Å²) < 4.78 is 1.82. The zero-order valence-electron chi connectivity index (χ0n) is 29.3.